The van der Waals surface area contributed by atoms with E-state index in [1.165, 1.54) is 36.4 Å². The number of halogens is 1. The van der Waals surface area contributed by atoms with Crippen molar-refractivity contribution in [1.29, 1.82) is 0 Å². The van der Waals surface area contributed by atoms with Gasteiger partial charge in [-0.05, 0) is 35.7 Å². The highest BCUT2D eigenvalue weighted by atomic mass is 19.1. The van der Waals surface area contributed by atoms with Gasteiger partial charge in [-0.15, -0.1) is 0 Å². The first-order valence-electron chi connectivity index (χ1n) is 7.91. The zero-order valence-electron chi connectivity index (χ0n) is 13.9. The molecule has 0 saturated heterocycles. The van der Waals surface area contributed by atoms with E-state index in [0.29, 0.717) is 17.5 Å². The van der Waals surface area contributed by atoms with Crippen molar-refractivity contribution in [2.45, 2.75) is 13.3 Å². The third kappa shape index (κ3) is 3.04. The fourth-order valence-electron chi connectivity index (χ4n) is 2.71. The fraction of sp³-hybridized carbons (Fsp3) is 0.158. The highest BCUT2D eigenvalue weighted by Crippen LogP contribution is 2.41. The monoisotopic (exact) mass is 357 g/mol. The summed E-state index contributed by atoms with van der Waals surface area (Å²) in [7, 11) is 0. The Morgan fingerprint density at radius 3 is 2.46 bits per heavy atom. The quantitative estimate of drug-likeness (QED) is 0.605. The lowest BCUT2D eigenvalue weighted by molar-refractivity contribution is 0.0895. The van der Waals surface area contributed by atoms with Gasteiger partial charge in [0.2, 0.25) is 5.78 Å². The molecule has 0 unspecified atom stereocenters. The highest BCUT2D eigenvalue weighted by molar-refractivity contribution is 6.04. The number of aromatic nitrogens is 1. The van der Waals surface area contributed by atoms with Crippen LogP contribution in [0.1, 0.15) is 23.0 Å². The maximum atomic E-state index is 13.3. The molecule has 0 aliphatic rings. The van der Waals surface area contributed by atoms with Gasteiger partial charge in [0.05, 0.1) is 11.1 Å². The average molecular weight is 357 g/mol. The Kier molecular flexibility index (Phi) is 4.73. The highest BCUT2D eigenvalue weighted by Gasteiger charge is 2.26. The Morgan fingerprint density at radius 2 is 1.85 bits per heavy atom. The first-order chi connectivity index (χ1) is 12.5. The number of carbonyl (C=O) groups is 1. The van der Waals surface area contributed by atoms with E-state index >= 15 is 0 Å². The second-order valence-corrected chi connectivity index (χ2v) is 5.68. The Morgan fingerprint density at radius 1 is 1.15 bits per heavy atom. The van der Waals surface area contributed by atoms with Gasteiger partial charge in [-0.1, -0.05) is 24.2 Å². The molecule has 3 aromatic rings. The minimum Gasteiger partial charge on any atom is -0.508 e. The van der Waals surface area contributed by atoms with Gasteiger partial charge in [0.1, 0.15) is 23.9 Å². The zero-order valence-corrected chi connectivity index (χ0v) is 13.9. The molecule has 0 saturated carbocycles. The molecule has 0 fully saturated rings. The Balaban J connectivity index is 2.28. The number of phenols is 2. The number of phenolic OH excluding ortho intramolecular Hbond substituents is 2. The number of Topliss-reactive ketones (excluding diaryl/α,β-unsaturated/α-hetero) is 1. The number of hydrogen-bond acceptors (Lipinski definition) is 6. The number of aromatic hydroxyl groups is 2. The summed E-state index contributed by atoms with van der Waals surface area (Å²) < 4.78 is 18.6. The molecular weight excluding hydrogens is 341 g/mol. The molecule has 0 radical (unpaired) electrons. The molecule has 0 aliphatic heterocycles. The summed E-state index contributed by atoms with van der Waals surface area (Å²) in [6.07, 6.45) is 0.502. The van der Waals surface area contributed by atoms with Gasteiger partial charge < -0.3 is 19.8 Å². The molecule has 0 aliphatic carbocycles. The number of benzene rings is 2. The van der Waals surface area contributed by atoms with Gasteiger partial charge in [-0.3, -0.25) is 4.79 Å². The van der Waals surface area contributed by atoms with Crippen LogP contribution in [0.2, 0.25) is 0 Å². The fourth-order valence-corrected chi connectivity index (χ4v) is 2.71. The van der Waals surface area contributed by atoms with Crippen LogP contribution < -0.4 is 0 Å². The maximum Gasteiger partial charge on any atom is 0.210 e. The number of ketones is 1. The van der Waals surface area contributed by atoms with Gasteiger partial charge in [-0.25, -0.2) is 4.39 Å². The Bertz CT molecular complexity index is 963. The molecule has 2 aromatic carbocycles. The van der Waals surface area contributed by atoms with Gasteiger partial charge in [0.15, 0.2) is 11.5 Å². The normalized spacial score (nSPS) is 10.9. The first kappa shape index (κ1) is 17.6. The van der Waals surface area contributed by atoms with Crippen molar-refractivity contribution in [1.82, 2.24) is 5.16 Å². The van der Waals surface area contributed by atoms with Crippen LogP contribution in [0.15, 0.2) is 40.9 Å². The van der Waals surface area contributed by atoms with Crippen LogP contribution >= 0.6 is 0 Å². The predicted octanol–water partition coefficient (Wildman–Crippen LogP) is 3.30. The smallest absolute Gasteiger partial charge is 0.210 e. The minimum atomic E-state index is -0.776. The number of carbonyl (C=O) groups excluding carboxylic acids is 1. The number of aliphatic hydroxyl groups excluding tert-OH is 1. The van der Waals surface area contributed by atoms with E-state index < -0.39 is 18.2 Å². The summed E-state index contributed by atoms with van der Waals surface area (Å²) in [5.74, 6) is -1.37. The van der Waals surface area contributed by atoms with Crippen LogP contribution in [0.4, 0.5) is 4.39 Å². The first-order valence-corrected chi connectivity index (χ1v) is 7.91. The number of hydrogen-bond donors (Lipinski definition) is 3. The van der Waals surface area contributed by atoms with Crippen molar-refractivity contribution < 1.29 is 29.0 Å². The molecule has 3 N–H and O–H groups in total. The van der Waals surface area contributed by atoms with Crippen molar-refractivity contribution in [3.05, 3.63) is 53.5 Å². The Hall–Kier alpha value is -3.19. The summed E-state index contributed by atoms with van der Waals surface area (Å²) in [6, 6.07) is 8.03. The molecule has 6 nitrogen and oxygen atoms in total. The summed E-state index contributed by atoms with van der Waals surface area (Å²) in [5, 5.41) is 33.0. The van der Waals surface area contributed by atoms with E-state index in [4.69, 9.17) is 4.52 Å². The molecule has 0 spiro atoms. The summed E-state index contributed by atoms with van der Waals surface area (Å²) in [4.78, 5) is 12.0. The molecular formula is C19H16FNO5. The topological polar surface area (TPSA) is 104 Å². The SMILES string of the molecule is CCc1cc(-c2onc(C(=O)CO)c2-c2ccc(F)cc2)c(O)cc1O. The molecule has 0 atom stereocenters. The van der Waals surface area contributed by atoms with E-state index in [9.17, 15) is 24.5 Å². The lowest BCUT2D eigenvalue weighted by Gasteiger charge is -2.09. The van der Waals surface area contributed by atoms with Gasteiger partial charge in [0, 0.05) is 6.07 Å². The second kappa shape index (κ2) is 6.97. The van der Waals surface area contributed by atoms with Crippen molar-refractivity contribution in [3.8, 4) is 33.9 Å². The maximum absolute atomic E-state index is 13.3. The number of aliphatic hydroxyl groups is 1. The molecule has 0 amide bonds. The lowest BCUT2D eigenvalue weighted by Crippen LogP contribution is -2.06. The van der Waals surface area contributed by atoms with E-state index in [0.717, 1.165) is 0 Å². The third-order valence-corrected chi connectivity index (χ3v) is 4.06. The van der Waals surface area contributed by atoms with Crippen molar-refractivity contribution in [3.63, 3.8) is 0 Å². The van der Waals surface area contributed by atoms with E-state index in [2.05, 4.69) is 5.16 Å². The Labute approximate surface area is 148 Å². The van der Waals surface area contributed by atoms with Gasteiger partial charge >= 0.3 is 0 Å². The zero-order chi connectivity index (χ0) is 18.8. The van der Waals surface area contributed by atoms with Crippen LogP contribution in [0, 0.1) is 5.82 Å². The number of nitrogens with zero attached hydrogens (tertiary/aromatic N) is 1. The molecule has 26 heavy (non-hydrogen) atoms. The van der Waals surface area contributed by atoms with Gasteiger partial charge in [-0.2, -0.15) is 0 Å². The van der Waals surface area contributed by atoms with E-state index in [1.54, 1.807) is 0 Å². The van der Waals surface area contributed by atoms with Crippen LogP contribution in [-0.2, 0) is 6.42 Å². The molecule has 1 aromatic heterocycles. The third-order valence-electron chi connectivity index (χ3n) is 4.06. The van der Waals surface area contributed by atoms with Crippen LogP contribution in [0.25, 0.3) is 22.5 Å². The van der Waals surface area contributed by atoms with Crippen LogP contribution in [0.3, 0.4) is 0 Å². The van der Waals surface area contributed by atoms with Gasteiger partial charge in [0.25, 0.3) is 0 Å². The molecule has 7 heteroatoms. The second-order valence-electron chi connectivity index (χ2n) is 5.68. The molecule has 0 bridgehead atoms. The summed E-state index contributed by atoms with van der Waals surface area (Å²) in [5.41, 5.74) is 1.33. The number of aryl methyl sites for hydroxylation is 1. The van der Waals surface area contributed by atoms with E-state index in [1.807, 2.05) is 6.92 Å². The molecule has 1 heterocycles. The van der Waals surface area contributed by atoms with E-state index in [-0.39, 0.29) is 34.1 Å². The molecule has 134 valence electrons. The largest absolute Gasteiger partial charge is 0.508 e. The summed E-state index contributed by atoms with van der Waals surface area (Å²) >= 11 is 0. The average Bonchev–Trinajstić information content (AvgIpc) is 3.06. The van der Waals surface area contributed by atoms with Crippen molar-refractivity contribution in [2.75, 3.05) is 6.61 Å². The predicted molar refractivity (Wildman–Crippen MR) is 91.5 cm³/mol. The van der Waals surface area contributed by atoms with Crippen LogP contribution in [-0.4, -0.2) is 32.9 Å². The van der Waals surface area contributed by atoms with Crippen molar-refractivity contribution in [2.24, 2.45) is 0 Å². The molecule has 3 rings (SSSR count). The standard InChI is InChI=1S/C19H16FNO5/c1-2-10-7-13(15(24)8-14(10)23)19-17(11-3-5-12(20)6-4-11)18(21-26-19)16(25)9-22/h3-8,22-24H,2,9H2,1H3. The number of rotatable bonds is 5. The lowest BCUT2D eigenvalue weighted by atomic mass is 9.96. The summed E-state index contributed by atoms with van der Waals surface area (Å²) in [6.45, 7) is 1.06. The minimum absolute atomic E-state index is 0.0664. The van der Waals surface area contributed by atoms with Crippen molar-refractivity contribution >= 4 is 5.78 Å². The van der Waals surface area contributed by atoms with Crippen LogP contribution in [0.5, 0.6) is 11.5 Å².